The lowest BCUT2D eigenvalue weighted by atomic mass is 9.12. The molecule has 0 fully saturated rings. The van der Waals surface area contributed by atoms with Crippen molar-refractivity contribution in [2.45, 2.75) is 76.7 Å². The Hall–Kier alpha value is -7.10. The van der Waals surface area contributed by atoms with Crippen molar-refractivity contribution in [3.05, 3.63) is 177 Å². The maximum absolute atomic E-state index is 14.2. The molecule has 0 amide bonds. The van der Waals surface area contributed by atoms with E-state index in [0.29, 0.717) is 11.3 Å². The molecule has 6 rings (SSSR count). The lowest BCUT2D eigenvalue weighted by molar-refractivity contribution is -0.683. The van der Waals surface area contributed by atoms with E-state index in [1.807, 2.05) is 39.0 Å². The number of benzene rings is 5. The molecule has 1 heterocycles. The molecule has 78 heavy (non-hydrogen) atoms. The van der Waals surface area contributed by atoms with Crippen molar-refractivity contribution >= 4 is 39.6 Å². The molecule has 0 spiro atoms. The van der Waals surface area contributed by atoms with Crippen molar-refractivity contribution in [3.8, 4) is 0 Å². The van der Waals surface area contributed by atoms with E-state index in [1.54, 1.807) is 35.3 Å². The van der Waals surface area contributed by atoms with Crippen molar-refractivity contribution in [2.24, 2.45) is 5.41 Å². The number of nitrogens with zero attached hydrogens (tertiary/aromatic N) is 2. The van der Waals surface area contributed by atoms with Crippen LogP contribution in [0.2, 0.25) is 0 Å². The summed E-state index contributed by atoms with van der Waals surface area (Å²) in [6, 6.07) is 0.292. The summed E-state index contributed by atoms with van der Waals surface area (Å²) in [6.45, 7) is 5.74. The highest BCUT2D eigenvalue weighted by molar-refractivity contribution is 7.20. The van der Waals surface area contributed by atoms with E-state index in [2.05, 4.69) is 4.98 Å². The topological polar surface area (TPSA) is 50.9 Å². The third-order valence-electron chi connectivity index (χ3n) is 11.5. The molecule has 0 aliphatic carbocycles. The van der Waals surface area contributed by atoms with Crippen LogP contribution in [0.4, 0.5) is 105 Å². The molecule has 0 unspecified atom stereocenters. The second kappa shape index (κ2) is 20.9. The number of hydrogen-bond donors (Lipinski definition) is 0. The third kappa shape index (κ3) is 14.3. The highest BCUT2D eigenvalue weighted by atomic mass is 19.4. The smallest absolute Gasteiger partial charge is 0.292 e. The van der Waals surface area contributed by atoms with Crippen LogP contribution in [-0.2, 0) is 56.0 Å². The zero-order valence-corrected chi connectivity index (χ0v) is 39.1. The zero-order valence-electron chi connectivity index (χ0n) is 39.1. The van der Waals surface area contributed by atoms with Gasteiger partial charge in [-0.25, -0.2) is 4.98 Å². The van der Waals surface area contributed by atoms with Crippen molar-refractivity contribution in [1.29, 1.82) is 0 Å². The van der Waals surface area contributed by atoms with Crippen LogP contribution in [0.15, 0.2) is 122 Å². The number of Topliss-reactive ketones (excluding diaryl/α,β-unsaturated/α-hetero) is 2. The fourth-order valence-corrected chi connectivity index (χ4v) is 7.98. The summed E-state index contributed by atoms with van der Waals surface area (Å²) in [5, 5.41) is 0. The Labute approximate surface area is 423 Å². The standard InChI is InChI=1S/C32H12BF24.C17H19N2O2/c34-25(35,36)13-1-14(26(37,38)39)6-21(5-13)33(22-7-15(27(40,41)42)2-16(8-22)28(43,44)45,23-9-17(29(46,47)48)3-18(10-23)30(49,50)51)24-11-19(31(52,53)54)4-20(12-24)32(55,56)57;1-17(2,3)16(21)14-11-19(10-9-18-14)12-15(20)13-7-5-4-6-8-13/h1-12H;4-11H,12H2,1-3H3/q-1;+1. The van der Waals surface area contributed by atoms with Crippen LogP contribution in [0.5, 0.6) is 0 Å². The molecule has 1 aromatic heterocycles. The molecule has 0 bridgehead atoms. The SMILES string of the molecule is CC(C)(C)C(=O)c1c[n+](CC(=O)c2ccccc2)ccn1.FC(F)(F)c1cc([B-](c2cc(C(F)(F)F)cc(C(F)(F)F)c2)(c2cc(C(F)(F)F)cc(C(F)(F)F)c2)c2cc(C(F)(F)F)cc(C(F)(F)F)c2)cc(C(F)(F)F)c1. The van der Waals surface area contributed by atoms with Gasteiger partial charge in [0.05, 0.1) is 50.7 Å². The van der Waals surface area contributed by atoms with Crippen molar-refractivity contribution < 1.29 is 120 Å². The van der Waals surface area contributed by atoms with Gasteiger partial charge in [0.15, 0.2) is 23.9 Å². The van der Waals surface area contributed by atoms with Gasteiger partial charge in [0.25, 0.3) is 0 Å². The molecule has 0 N–H and O–H groups in total. The molecule has 0 atom stereocenters. The first-order chi connectivity index (χ1) is 35.1. The van der Waals surface area contributed by atoms with E-state index in [0.717, 1.165) is 0 Å². The molecule has 0 aliphatic heterocycles. The van der Waals surface area contributed by atoms with E-state index >= 15 is 0 Å². The Morgan fingerprint density at radius 3 is 0.897 bits per heavy atom. The Morgan fingerprint density at radius 1 is 0.410 bits per heavy atom. The molecular formula is C49H31BF24N2O2. The van der Waals surface area contributed by atoms with Gasteiger partial charge in [0.2, 0.25) is 12.3 Å². The lowest BCUT2D eigenvalue weighted by Crippen LogP contribution is -2.75. The number of carbonyl (C=O) groups is 2. The van der Waals surface area contributed by atoms with E-state index in [9.17, 15) is 115 Å². The highest BCUT2D eigenvalue weighted by Crippen LogP contribution is 2.41. The number of hydrogen-bond acceptors (Lipinski definition) is 3. The molecule has 6 aromatic rings. The van der Waals surface area contributed by atoms with Gasteiger partial charge < -0.3 is 0 Å². The molecule has 0 saturated carbocycles. The monoisotopic (exact) mass is 1150 g/mol. The Balaban J connectivity index is 0.000000443. The van der Waals surface area contributed by atoms with E-state index in [1.165, 1.54) is 0 Å². The van der Waals surface area contributed by atoms with Crippen LogP contribution in [-0.4, -0.2) is 22.7 Å². The first kappa shape index (κ1) is 61.8. The molecule has 0 saturated heterocycles. The van der Waals surface area contributed by atoms with E-state index in [-0.39, 0.29) is 18.1 Å². The van der Waals surface area contributed by atoms with Crippen LogP contribution >= 0.6 is 0 Å². The van der Waals surface area contributed by atoms with E-state index in [4.69, 9.17) is 0 Å². The van der Waals surface area contributed by atoms with Crippen LogP contribution < -0.4 is 26.4 Å². The maximum Gasteiger partial charge on any atom is 0.416 e. The summed E-state index contributed by atoms with van der Waals surface area (Å²) in [5.74, 6) is -0.0371. The molecule has 5 aromatic carbocycles. The minimum absolute atomic E-state index is 0.000887. The van der Waals surface area contributed by atoms with Crippen LogP contribution in [0.1, 0.15) is 86.1 Å². The summed E-state index contributed by atoms with van der Waals surface area (Å²) < 4.78 is 343. The second-order valence-corrected chi connectivity index (χ2v) is 18.2. The van der Waals surface area contributed by atoms with E-state index < -0.39 is 200 Å². The fraction of sp³-hybridized carbons (Fsp3) is 0.265. The van der Waals surface area contributed by atoms with Gasteiger partial charge in [-0.3, -0.25) is 9.59 Å². The normalized spacial score (nSPS) is 13.5. The number of ketones is 2. The van der Waals surface area contributed by atoms with Gasteiger partial charge >= 0.3 is 49.4 Å². The van der Waals surface area contributed by atoms with Crippen molar-refractivity contribution in [1.82, 2.24) is 4.98 Å². The summed E-state index contributed by atoms with van der Waals surface area (Å²) in [6.07, 6.45) is -49.9. The summed E-state index contributed by atoms with van der Waals surface area (Å²) >= 11 is 0. The number of aromatic nitrogens is 2. The van der Waals surface area contributed by atoms with Crippen LogP contribution in [0.25, 0.3) is 0 Å². The highest BCUT2D eigenvalue weighted by Gasteiger charge is 2.47. The van der Waals surface area contributed by atoms with Gasteiger partial charge in [-0.15, -0.1) is 0 Å². The number of rotatable bonds is 8. The van der Waals surface area contributed by atoms with Gasteiger partial charge in [-0.1, -0.05) is 99.6 Å². The minimum Gasteiger partial charge on any atom is -0.292 e. The predicted molar refractivity (Wildman–Crippen MR) is 229 cm³/mol. The second-order valence-electron chi connectivity index (χ2n) is 18.2. The maximum atomic E-state index is 14.2. The molecule has 4 nitrogen and oxygen atoms in total. The Bertz CT molecular complexity index is 2740. The number of halogens is 24. The third-order valence-corrected chi connectivity index (χ3v) is 11.5. The van der Waals surface area contributed by atoms with Crippen molar-refractivity contribution in [3.63, 3.8) is 0 Å². The van der Waals surface area contributed by atoms with Crippen LogP contribution in [0.3, 0.4) is 0 Å². The Kier molecular flexibility index (Phi) is 16.6. The molecule has 0 radical (unpaired) electrons. The predicted octanol–water partition coefficient (Wildman–Crippen LogP) is 13.7. The van der Waals surface area contributed by atoms with Crippen molar-refractivity contribution in [2.75, 3.05) is 0 Å². The van der Waals surface area contributed by atoms with Gasteiger partial charge in [0, 0.05) is 11.0 Å². The zero-order chi connectivity index (χ0) is 59.4. The quantitative estimate of drug-likeness (QED) is 0.0660. The first-order valence-electron chi connectivity index (χ1n) is 21.5. The Morgan fingerprint density at radius 2 is 0.667 bits per heavy atom. The lowest BCUT2D eigenvalue weighted by Gasteiger charge is -2.46. The average molecular weight is 1150 g/mol. The first-order valence-corrected chi connectivity index (χ1v) is 21.5. The molecule has 420 valence electrons. The number of carbonyl (C=O) groups excluding carboxylic acids is 2. The summed E-state index contributed by atoms with van der Waals surface area (Å²) in [4.78, 5) is 28.5. The molecular weight excluding hydrogens is 1120 g/mol. The molecule has 0 aliphatic rings. The fourth-order valence-electron chi connectivity index (χ4n) is 7.98. The van der Waals surface area contributed by atoms with Gasteiger partial charge in [-0.05, 0) is 24.3 Å². The van der Waals surface area contributed by atoms with Gasteiger partial charge in [0.1, 0.15) is 6.15 Å². The largest absolute Gasteiger partial charge is 0.416 e. The molecule has 29 heteroatoms. The average Bonchev–Trinajstić information content (AvgIpc) is 3.29. The summed E-state index contributed by atoms with van der Waals surface area (Å²) in [5.41, 5.74) is -29.7. The van der Waals surface area contributed by atoms with Crippen LogP contribution in [0, 0.1) is 5.41 Å². The minimum atomic E-state index is -6.13. The summed E-state index contributed by atoms with van der Waals surface area (Å²) in [7, 11) is 0. The van der Waals surface area contributed by atoms with Gasteiger partial charge in [-0.2, -0.15) is 132 Å². The number of alkyl halides is 24.